The molecule has 6 nitrogen and oxygen atoms in total. The third-order valence-corrected chi connectivity index (χ3v) is 4.09. The number of fused-ring (bicyclic) bond motifs is 2. The van der Waals surface area contributed by atoms with E-state index in [1.165, 1.54) is 12.8 Å². The third-order valence-electron chi connectivity index (χ3n) is 4.09. The van der Waals surface area contributed by atoms with Crippen LogP contribution in [0, 0.1) is 0 Å². The second kappa shape index (κ2) is 4.85. The maximum atomic E-state index is 6.09. The van der Waals surface area contributed by atoms with Crippen molar-refractivity contribution in [1.29, 1.82) is 0 Å². The summed E-state index contributed by atoms with van der Waals surface area (Å²) < 4.78 is 10.4. The van der Waals surface area contributed by atoms with E-state index in [1.54, 1.807) is 20.3 Å². The van der Waals surface area contributed by atoms with Gasteiger partial charge in [-0.15, -0.1) is 0 Å². The van der Waals surface area contributed by atoms with Crippen LogP contribution in [0.15, 0.2) is 6.07 Å². The van der Waals surface area contributed by atoms with Gasteiger partial charge in [0.2, 0.25) is 17.7 Å². The molecule has 2 aliphatic rings. The lowest BCUT2D eigenvalue weighted by Crippen LogP contribution is -2.48. The molecule has 3 rings (SSSR count). The molecule has 2 fully saturated rings. The highest BCUT2D eigenvalue weighted by molar-refractivity contribution is 5.41. The molecule has 0 spiro atoms. The maximum absolute atomic E-state index is 6.09. The Morgan fingerprint density at radius 3 is 2.11 bits per heavy atom. The first-order chi connectivity index (χ1) is 9.21. The van der Waals surface area contributed by atoms with Crippen molar-refractivity contribution in [3.63, 3.8) is 0 Å². The van der Waals surface area contributed by atoms with E-state index < -0.39 is 0 Å². The fourth-order valence-electron chi connectivity index (χ4n) is 3.26. The van der Waals surface area contributed by atoms with Crippen molar-refractivity contribution in [2.45, 2.75) is 43.8 Å². The minimum atomic E-state index is 0.307. The van der Waals surface area contributed by atoms with Crippen LogP contribution >= 0.6 is 0 Å². The lowest BCUT2D eigenvalue weighted by molar-refractivity contribution is 0.364. The zero-order chi connectivity index (χ0) is 13.4. The normalized spacial score (nSPS) is 29.4. The van der Waals surface area contributed by atoms with Gasteiger partial charge in [0.1, 0.15) is 0 Å². The lowest BCUT2D eigenvalue weighted by atomic mass is 9.99. The molecule has 2 unspecified atom stereocenters. The molecule has 2 bridgehead atoms. The number of hydrogen-bond donors (Lipinski definition) is 1. The first-order valence-electron chi connectivity index (χ1n) is 6.72. The van der Waals surface area contributed by atoms with Crippen molar-refractivity contribution in [1.82, 2.24) is 9.97 Å². The summed E-state index contributed by atoms with van der Waals surface area (Å²) >= 11 is 0. The van der Waals surface area contributed by atoms with Crippen molar-refractivity contribution in [3.8, 4) is 11.8 Å². The van der Waals surface area contributed by atoms with E-state index >= 15 is 0 Å². The summed E-state index contributed by atoms with van der Waals surface area (Å²) in [6, 6.07) is 2.90. The molecule has 104 valence electrons. The monoisotopic (exact) mass is 264 g/mol. The Morgan fingerprint density at radius 1 is 1.11 bits per heavy atom. The summed E-state index contributed by atoms with van der Waals surface area (Å²) in [5, 5.41) is 0. The molecule has 0 saturated carbocycles. The number of hydrogen-bond acceptors (Lipinski definition) is 6. The van der Waals surface area contributed by atoms with Gasteiger partial charge in [0, 0.05) is 18.1 Å². The van der Waals surface area contributed by atoms with Crippen molar-refractivity contribution < 1.29 is 9.47 Å². The highest BCUT2D eigenvalue weighted by Gasteiger charge is 2.41. The van der Waals surface area contributed by atoms with Crippen LogP contribution in [0.4, 0.5) is 5.95 Å². The van der Waals surface area contributed by atoms with Gasteiger partial charge in [-0.1, -0.05) is 0 Å². The summed E-state index contributed by atoms with van der Waals surface area (Å²) in [6.07, 6.45) is 4.36. The molecule has 19 heavy (non-hydrogen) atoms. The third kappa shape index (κ3) is 2.20. The average Bonchev–Trinajstić information content (AvgIpc) is 2.70. The largest absolute Gasteiger partial charge is 0.481 e. The van der Waals surface area contributed by atoms with Gasteiger partial charge in [0.15, 0.2) is 0 Å². The van der Waals surface area contributed by atoms with Crippen LogP contribution < -0.4 is 20.1 Å². The van der Waals surface area contributed by atoms with Gasteiger partial charge in [0.25, 0.3) is 0 Å². The molecule has 0 radical (unpaired) electrons. The Labute approximate surface area is 112 Å². The molecule has 2 saturated heterocycles. The zero-order valence-electron chi connectivity index (χ0n) is 11.4. The van der Waals surface area contributed by atoms with E-state index in [4.69, 9.17) is 15.2 Å². The van der Waals surface area contributed by atoms with E-state index in [-0.39, 0.29) is 0 Å². The van der Waals surface area contributed by atoms with Gasteiger partial charge < -0.3 is 20.1 Å². The summed E-state index contributed by atoms with van der Waals surface area (Å²) in [5.74, 6) is 1.78. The Hall–Kier alpha value is -1.56. The van der Waals surface area contributed by atoms with Crippen LogP contribution in [0.1, 0.15) is 25.7 Å². The minimum absolute atomic E-state index is 0.307. The predicted octanol–water partition coefficient (Wildman–Crippen LogP) is 0.952. The Kier molecular flexibility index (Phi) is 3.18. The fraction of sp³-hybridized carbons (Fsp3) is 0.692. The van der Waals surface area contributed by atoms with Gasteiger partial charge in [-0.05, 0) is 25.7 Å². The molecule has 2 atom stereocenters. The second-order valence-electron chi connectivity index (χ2n) is 5.28. The molecule has 0 aromatic carbocycles. The molecule has 0 amide bonds. The number of rotatable bonds is 3. The molecule has 6 heteroatoms. The first-order valence-corrected chi connectivity index (χ1v) is 6.72. The van der Waals surface area contributed by atoms with Gasteiger partial charge in [-0.3, -0.25) is 0 Å². The smallest absolute Gasteiger partial charge is 0.232 e. The lowest BCUT2D eigenvalue weighted by Gasteiger charge is -2.37. The summed E-state index contributed by atoms with van der Waals surface area (Å²) in [7, 11) is 3.21. The molecule has 3 heterocycles. The minimum Gasteiger partial charge on any atom is -0.481 e. The highest BCUT2D eigenvalue weighted by atomic mass is 16.5. The van der Waals surface area contributed by atoms with Crippen LogP contribution in [0.25, 0.3) is 0 Å². The number of nitrogens with zero attached hydrogens (tertiary/aromatic N) is 3. The topological polar surface area (TPSA) is 73.5 Å². The number of ether oxygens (including phenoxy) is 2. The molecule has 1 aromatic rings. The molecular formula is C13H20N4O2. The van der Waals surface area contributed by atoms with E-state index in [0.29, 0.717) is 35.8 Å². The van der Waals surface area contributed by atoms with Gasteiger partial charge in [-0.25, -0.2) is 0 Å². The van der Waals surface area contributed by atoms with Crippen LogP contribution in [0.3, 0.4) is 0 Å². The van der Waals surface area contributed by atoms with Crippen LogP contribution in [0.2, 0.25) is 0 Å². The summed E-state index contributed by atoms with van der Waals surface area (Å²) in [4.78, 5) is 11.2. The van der Waals surface area contributed by atoms with Crippen molar-refractivity contribution in [3.05, 3.63) is 6.07 Å². The van der Waals surface area contributed by atoms with E-state index in [0.717, 1.165) is 12.8 Å². The van der Waals surface area contributed by atoms with E-state index in [9.17, 15) is 0 Å². The van der Waals surface area contributed by atoms with E-state index in [2.05, 4.69) is 14.9 Å². The van der Waals surface area contributed by atoms with Gasteiger partial charge in [-0.2, -0.15) is 9.97 Å². The number of aromatic nitrogens is 2. The van der Waals surface area contributed by atoms with Crippen molar-refractivity contribution >= 4 is 5.95 Å². The first kappa shape index (κ1) is 12.5. The summed E-state index contributed by atoms with van der Waals surface area (Å²) in [6.45, 7) is 0. The molecule has 1 aromatic heterocycles. The molecule has 2 aliphatic heterocycles. The average molecular weight is 264 g/mol. The number of nitrogens with two attached hydrogens (primary N) is 1. The SMILES string of the molecule is COc1cc(OC)nc(N2C3CCC2CC(N)C3)n1. The Balaban J connectivity index is 1.94. The number of piperidine rings is 1. The molecular weight excluding hydrogens is 244 g/mol. The predicted molar refractivity (Wildman–Crippen MR) is 71.6 cm³/mol. The van der Waals surface area contributed by atoms with Crippen molar-refractivity contribution in [2.75, 3.05) is 19.1 Å². The fourth-order valence-corrected chi connectivity index (χ4v) is 3.26. The molecule has 2 N–H and O–H groups in total. The second-order valence-corrected chi connectivity index (χ2v) is 5.28. The van der Waals surface area contributed by atoms with Crippen LogP contribution in [0.5, 0.6) is 11.8 Å². The quantitative estimate of drug-likeness (QED) is 0.876. The van der Waals surface area contributed by atoms with Crippen LogP contribution in [-0.2, 0) is 0 Å². The Bertz CT molecular complexity index is 432. The van der Waals surface area contributed by atoms with Gasteiger partial charge >= 0.3 is 0 Å². The van der Waals surface area contributed by atoms with Gasteiger partial charge in [0.05, 0.1) is 20.3 Å². The summed E-state index contributed by atoms with van der Waals surface area (Å²) in [5.41, 5.74) is 6.09. The van der Waals surface area contributed by atoms with E-state index in [1.807, 2.05) is 0 Å². The van der Waals surface area contributed by atoms with Crippen molar-refractivity contribution in [2.24, 2.45) is 5.73 Å². The number of anilines is 1. The molecule has 0 aliphatic carbocycles. The Morgan fingerprint density at radius 2 is 1.63 bits per heavy atom. The maximum Gasteiger partial charge on any atom is 0.232 e. The zero-order valence-corrected chi connectivity index (χ0v) is 11.4. The highest BCUT2D eigenvalue weighted by Crippen LogP contribution is 2.38. The van der Waals surface area contributed by atoms with Crippen LogP contribution in [-0.4, -0.2) is 42.3 Å². The standard InChI is InChI=1S/C13H20N4O2/c1-18-11-7-12(19-2)16-13(15-11)17-9-3-4-10(17)6-8(14)5-9/h7-10H,3-6,14H2,1-2H3. The number of methoxy groups -OCH3 is 2.